The molecule has 138 valence electrons. The number of likely N-dealkylation sites (tertiary alicyclic amines) is 1. The molecule has 2 unspecified atom stereocenters. The van der Waals surface area contributed by atoms with Gasteiger partial charge in [0.25, 0.3) is 0 Å². The second-order valence-corrected chi connectivity index (χ2v) is 7.59. The Hall–Kier alpha value is -1.29. The smallest absolute Gasteiger partial charge is 0.468 e. The molecule has 24 heavy (non-hydrogen) atoms. The van der Waals surface area contributed by atoms with Crippen molar-refractivity contribution in [2.75, 3.05) is 13.7 Å². The highest BCUT2D eigenvalue weighted by atomic mass is 32.2. The highest BCUT2D eigenvalue weighted by Gasteiger charge is 2.49. The first kappa shape index (κ1) is 19.0. The zero-order valence-corrected chi connectivity index (χ0v) is 14.2. The van der Waals surface area contributed by atoms with E-state index < -0.39 is 15.6 Å². The molecule has 2 rings (SSSR count). The maximum Gasteiger partial charge on any atom is 0.534 e. The third-order valence-electron chi connectivity index (χ3n) is 4.46. The summed E-state index contributed by atoms with van der Waals surface area (Å²) < 4.78 is 68.3. The van der Waals surface area contributed by atoms with Crippen molar-refractivity contribution in [3.63, 3.8) is 0 Å². The Balaban J connectivity index is 2.09. The molecule has 6 nitrogen and oxygen atoms in total. The summed E-state index contributed by atoms with van der Waals surface area (Å²) in [4.78, 5) is 13.8. The third kappa shape index (κ3) is 3.85. The average molecular weight is 371 g/mol. The van der Waals surface area contributed by atoms with Crippen molar-refractivity contribution in [2.45, 2.75) is 50.2 Å². The number of esters is 1. The minimum atomic E-state index is -5.64. The van der Waals surface area contributed by atoms with Crippen molar-refractivity contribution in [2.24, 2.45) is 5.92 Å². The summed E-state index contributed by atoms with van der Waals surface area (Å²) in [6.07, 6.45) is 3.24. The molecule has 10 heteroatoms. The Morgan fingerprint density at radius 1 is 1.38 bits per heavy atom. The van der Waals surface area contributed by atoms with Gasteiger partial charge in [0.15, 0.2) is 0 Å². The largest absolute Gasteiger partial charge is 0.534 e. The molecule has 2 aliphatic rings. The van der Waals surface area contributed by atoms with Crippen LogP contribution in [0.2, 0.25) is 0 Å². The average Bonchev–Trinajstić information content (AvgIpc) is 2.94. The van der Waals surface area contributed by atoms with Crippen LogP contribution in [0, 0.1) is 5.92 Å². The Bertz CT molecular complexity index is 616. The number of rotatable bonds is 4. The first-order valence-electron chi connectivity index (χ1n) is 7.60. The van der Waals surface area contributed by atoms with Crippen molar-refractivity contribution < 1.29 is 35.3 Å². The van der Waals surface area contributed by atoms with Gasteiger partial charge in [0.1, 0.15) is 11.8 Å². The molecule has 0 spiro atoms. The predicted octanol–water partition coefficient (Wildman–Crippen LogP) is 2.17. The fourth-order valence-electron chi connectivity index (χ4n) is 3.31. The van der Waals surface area contributed by atoms with E-state index >= 15 is 0 Å². The molecular formula is C14H20F3NO5S. The Kier molecular flexibility index (Phi) is 5.48. The number of alkyl halides is 3. The lowest BCUT2D eigenvalue weighted by atomic mass is 9.88. The van der Waals surface area contributed by atoms with Crippen LogP contribution in [0.15, 0.2) is 11.8 Å². The highest BCUT2D eigenvalue weighted by Crippen LogP contribution is 2.35. The van der Waals surface area contributed by atoms with Crippen molar-refractivity contribution in [1.29, 1.82) is 0 Å². The normalized spacial score (nSPS) is 29.2. The van der Waals surface area contributed by atoms with Crippen molar-refractivity contribution in [1.82, 2.24) is 4.90 Å². The molecule has 0 amide bonds. The summed E-state index contributed by atoms with van der Waals surface area (Å²) in [5.41, 5.74) is -5.45. The summed E-state index contributed by atoms with van der Waals surface area (Å²) in [6.45, 7) is 2.49. The van der Waals surface area contributed by atoms with E-state index in [1.54, 1.807) is 6.92 Å². The van der Waals surface area contributed by atoms with Crippen LogP contribution in [0.4, 0.5) is 13.2 Å². The Labute approximate surface area is 138 Å². The molecular weight excluding hydrogens is 351 g/mol. The molecule has 1 fully saturated rings. The van der Waals surface area contributed by atoms with Gasteiger partial charge in [-0.3, -0.25) is 9.69 Å². The molecule has 0 saturated carbocycles. The third-order valence-corrected chi connectivity index (χ3v) is 5.46. The van der Waals surface area contributed by atoms with Gasteiger partial charge in [0, 0.05) is 12.5 Å². The van der Waals surface area contributed by atoms with Crippen LogP contribution >= 0.6 is 0 Å². The van der Waals surface area contributed by atoms with Crippen molar-refractivity contribution >= 4 is 16.1 Å². The second-order valence-electron chi connectivity index (χ2n) is 6.06. The molecule has 1 aliphatic heterocycles. The molecule has 0 aromatic rings. The SMILES string of the molecule is COC(=O)[C@@H]1CCCN1C1CC=C(OS(=O)(=O)C(F)(F)F)CC1C. The van der Waals surface area contributed by atoms with E-state index in [-0.39, 0.29) is 36.2 Å². The number of hydrogen-bond donors (Lipinski definition) is 0. The van der Waals surface area contributed by atoms with Crippen LogP contribution in [0.3, 0.4) is 0 Å². The first-order valence-corrected chi connectivity index (χ1v) is 9.01. The zero-order chi connectivity index (χ0) is 18.1. The second kappa shape index (κ2) is 6.91. The van der Waals surface area contributed by atoms with Gasteiger partial charge >= 0.3 is 21.6 Å². The van der Waals surface area contributed by atoms with Crippen LogP contribution in [0.1, 0.15) is 32.6 Å². The molecule has 1 aliphatic carbocycles. The molecule has 1 saturated heterocycles. The lowest BCUT2D eigenvalue weighted by Gasteiger charge is -2.37. The lowest BCUT2D eigenvalue weighted by molar-refractivity contribution is -0.147. The van der Waals surface area contributed by atoms with Crippen molar-refractivity contribution in [3.8, 4) is 0 Å². The number of carbonyl (C=O) groups is 1. The van der Waals surface area contributed by atoms with Gasteiger partial charge in [-0.15, -0.1) is 0 Å². The van der Waals surface area contributed by atoms with Crippen LogP contribution in [-0.4, -0.2) is 50.5 Å². The monoisotopic (exact) mass is 371 g/mol. The summed E-state index contributed by atoms with van der Waals surface area (Å²) in [5, 5.41) is 0. The Morgan fingerprint density at radius 3 is 2.58 bits per heavy atom. The predicted molar refractivity (Wildman–Crippen MR) is 78.1 cm³/mol. The standard InChI is InChI=1S/C14H20F3NO5S/c1-9-8-10(23-24(20,21)14(15,16)17)5-6-11(9)18-7-3-4-12(18)13(19)22-2/h5,9,11-12H,3-4,6-8H2,1-2H3/t9?,11?,12-/m0/s1. The fourth-order valence-corrected chi connectivity index (χ4v) is 3.83. The van der Waals surface area contributed by atoms with E-state index in [9.17, 15) is 26.4 Å². The van der Waals surface area contributed by atoms with E-state index in [0.29, 0.717) is 19.4 Å². The number of methoxy groups -OCH3 is 1. The van der Waals surface area contributed by atoms with Gasteiger partial charge < -0.3 is 8.92 Å². The number of hydrogen-bond acceptors (Lipinski definition) is 6. The number of allylic oxidation sites excluding steroid dienone is 1. The summed E-state index contributed by atoms with van der Waals surface area (Å²) in [6, 6.07) is -0.435. The topological polar surface area (TPSA) is 72.9 Å². The molecule has 3 atom stereocenters. The lowest BCUT2D eigenvalue weighted by Crippen LogP contribution is -2.47. The van der Waals surface area contributed by atoms with Gasteiger partial charge in [0.2, 0.25) is 0 Å². The Morgan fingerprint density at radius 2 is 2.04 bits per heavy atom. The minimum absolute atomic E-state index is 0.0599. The van der Waals surface area contributed by atoms with E-state index in [2.05, 4.69) is 4.18 Å². The summed E-state index contributed by atoms with van der Waals surface area (Å²) >= 11 is 0. The van der Waals surface area contributed by atoms with E-state index in [0.717, 1.165) is 6.42 Å². The number of ether oxygens (including phenoxy) is 1. The van der Waals surface area contributed by atoms with Crippen LogP contribution in [0.5, 0.6) is 0 Å². The van der Waals surface area contributed by atoms with E-state index in [4.69, 9.17) is 4.74 Å². The van der Waals surface area contributed by atoms with Crippen LogP contribution < -0.4 is 0 Å². The molecule has 1 heterocycles. The minimum Gasteiger partial charge on any atom is -0.468 e. The molecule has 0 aromatic heterocycles. The van der Waals surface area contributed by atoms with Gasteiger partial charge in [0.05, 0.1) is 7.11 Å². The maximum atomic E-state index is 12.4. The number of carbonyl (C=O) groups excluding carboxylic acids is 1. The van der Waals surface area contributed by atoms with E-state index in [1.807, 2.05) is 4.90 Å². The van der Waals surface area contributed by atoms with Gasteiger partial charge in [-0.1, -0.05) is 6.92 Å². The molecule has 0 bridgehead atoms. The summed E-state index contributed by atoms with van der Waals surface area (Å²) in [7, 11) is -4.33. The molecule has 0 radical (unpaired) electrons. The number of halogens is 3. The van der Waals surface area contributed by atoms with Gasteiger partial charge in [-0.2, -0.15) is 21.6 Å². The van der Waals surface area contributed by atoms with E-state index in [1.165, 1.54) is 13.2 Å². The van der Waals surface area contributed by atoms with Crippen LogP contribution in [-0.2, 0) is 23.8 Å². The first-order chi connectivity index (χ1) is 11.1. The molecule has 0 aromatic carbocycles. The fraction of sp³-hybridized carbons (Fsp3) is 0.786. The number of nitrogens with zero attached hydrogens (tertiary/aromatic N) is 1. The van der Waals surface area contributed by atoms with Crippen molar-refractivity contribution in [3.05, 3.63) is 11.8 Å². The highest BCUT2D eigenvalue weighted by molar-refractivity contribution is 7.87. The maximum absolute atomic E-state index is 12.4. The summed E-state index contributed by atoms with van der Waals surface area (Å²) in [5.74, 6) is -0.686. The zero-order valence-electron chi connectivity index (χ0n) is 13.4. The molecule has 0 N–H and O–H groups in total. The van der Waals surface area contributed by atoms with Crippen LogP contribution in [0.25, 0.3) is 0 Å². The van der Waals surface area contributed by atoms with Gasteiger partial charge in [-0.25, -0.2) is 0 Å². The quantitative estimate of drug-likeness (QED) is 0.428. The van der Waals surface area contributed by atoms with Gasteiger partial charge in [-0.05, 0) is 37.8 Å².